The molecule has 3 atom stereocenters. The lowest BCUT2D eigenvalue weighted by Crippen LogP contribution is -2.45. The number of carbonyl (C=O) groups is 5. The molecule has 1 fully saturated rings. The van der Waals surface area contributed by atoms with Crippen LogP contribution in [0.1, 0.15) is 61.8 Å². The van der Waals surface area contributed by atoms with Crippen LogP contribution in [0.5, 0.6) is 0 Å². The lowest BCUT2D eigenvalue weighted by molar-refractivity contribution is -0.166. The van der Waals surface area contributed by atoms with Crippen molar-refractivity contribution >= 4 is 46.4 Å². The highest BCUT2D eigenvalue weighted by atomic mass is 16.6. The summed E-state index contributed by atoms with van der Waals surface area (Å²) in [7, 11) is 0. The van der Waals surface area contributed by atoms with Gasteiger partial charge in [-0.3, -0.25) is 4.98 Å². The summed E-state index contributed by atoms with van der Waals surface area (Å²) in [4.78, 5) is 64.9. The maximum atomic E-state index is 12.1. The number of carboxylic acids is 2. The third kappa shape index (κ3) is 13.6. The smallest absolute Gasteiger partial charge is 0.410 e. The minimum atomic E-state index is -2.21. The quantitative estimate of drug-likeness (QED) is 0.122. The first-order valence-electron chi connectivity index (χ1n) is 16.8. The van der Waals surface area contributed by atoms with Gasteiger partial charge in [0.2, 0.25) is 12.2 Å². The molecule has 1 saturated heterocycles. The van der Waals surface area contributed by atoms with Crippen LogP contribution >= 0.6 is 0 Å². The van der Waals surface area contributed by atoms with Gasteiger partial charge in [-0.1, -0.05) is 48.5 Å². The minimum absolute atomic E-state index is 0.0253. The van der Waals surface area contributed by atoms with E-state index >= 15 is 0 Å². The van der Waals surface area contributed by atoms with Gasteiger partial charge in [0, 0.05) is 54.1 Å². The molecule has 4 N–H and O–H groups in total. The largest absolute Gasteiger partial charge is 0.478 e. The molecular formula is C39H45N3O11. The lowest BCUT2D eigenvalue weighted by atomic mass is 10.1. The molecule has 53 heavy (non-hydrogen) atoms. The first-order valence-corrected chi connectivity index (χ1v) is 16.8. The molecule has 14 heteroatoms. The zero-order valence-corrected chi connectivity index (χ0v) is 30.2. The number of pyridine rings is 1. The second-order valence-corrected chi connectivity index (χ2v) is 13.1. The predicted octanol–water partition coefficient (Wildman–Crippen LogP) is 5.65. The van der Waals surface area contributed by atoms with Gasteiger partial charge in [0.25, 0.3) is 0 Å². The molecule has 1 amide bonds. The van der Waals surface area contributed by atoms with Gasteiger partial charge < -0.3 is 39.7 Å². The average molecular weight is 732 g/mol. The number of nitrogens with zero attached hydrogens (tertiary/aromatic N) is 2. The molecule has 2 heterocycles. The van der Waals surface area contributed by atoms with E-state index in [4.69, 9.17) is 19.3 Å². The predicted molar refractivity (Wildman–Crippen MR) is 195 cm³/mol. The summed E-state index contributed by atoms with van der Waals surface area (Å²) in [5.74, 6) is -5.63. The van der Waals surface area contributed by atoms with Crippen molar-refractivity contribution in [2.75, 3.05) is 18.4 Å². The number of anilines is 1. The lowest BCUT2D eigenvalue weighted by Gasteiger charge is -2.24. The molecule has 0 radical (unpaired) electrons. The molecule has 0 saturated carbocycles. The highest BCUT2D eigenvalue weighted by molar-refractivity contribution is 5.95. The Bertz CT molecular complexity index is 1750. The molecule has 282 valence electrons. The number of ether oxygens (including phenoxy) is 3. The number of fused-ring (bicyclic) bond motifs is 1. The number of aliphatic hydroxyl groups is 1. The zero-order valence-electron chi connectivity index (χ0n) is 30.2. The van der Waals surface area contributed by atoms with Crippen LogP contribution in [0.4, 0.5) is 10.5 Å². The molecule has 1 aliphatic heterocycles. The maximum Gasteiger partial charge on any atom is 0.410 e. The maximum absolute atomic E-state index is 12.1. The molecule has 1 aromatic heterocycles. The standard InChI is InChI=1S/C18H23N3O2.C18H14O8.C3H8O/c1-18(2,3)23-17(22)21-10-8-14(12-21)20-16-6-4-5-13-11-19-9-7-15(13)16;19-15(20)13(25-17(23)11-7-3-1-4-8-11)14(16(21)22)26-18(24)12-9-5-2-6-10-12;1-3(2)4/h4-7,9,11,14,20H,8,10,12H2,1-3H3;1-10,13-14H,(H,19,20)(H,21,22);3-4H,1-2H3/t14-;13-,14-;/m11./s1. The zero-order chi connectivity index (χ0) is 39.1. The first kappa shape index (κ1) is 41.4. The van der Waals surface area contributed by atoms with Crippen molar-refractivity contribution in [1.29, 1.82) is 0 Å². The average Bonchev–Trinajstić information content (AvgIpc) is 3.58. The minimum Gasteiger partial charge on any atom is -0.478 e. The number of nitrogens with one attached hydrogen (secondary N) is 1. The molecule has 0 aliphatic carbocycles. The number of aliphatic carboxylic acids is 2. The summed E-state index contributed by atoms with van der Waals surface area (Å²) in [5.41, 5.74) is 0.682. The van der Waals surface area contributed by atoms with Crippen LogP contribution in [0.3, 0.4) is 0 Å². The Morgan fingerprint density at radius 2 is 1.30 bits per heavy atom. The van der Waals surface area contributed by atoms with Crippen molar-refractivity contribution in [1.82, 2.24) is 9.88 Å². The van der Waals surface area contributed by atoms with E-state index in [1.165, 1.54) is 48.5 Å². The van der Waals surface area contributed by atoms with E-state index in [1.807, 2.05) is 39.1 Å². The summed E-state index contributed by atoms with van der Waals surface area (Å²) in [6.45, 7) is 10.5. The van der Waals surface area contributed by atoms with Crippen LogP contribution in [-0.2, 0) is 23.8 Å². The van der Waals surface area contributed by atoms with Crippen LogP contribution in [0.15, 0.2) is 97.3 Å². The number of carbonyl (C=O) groups excluding carboxylic acids is 3. The van der Waals surface area contributed by atoms with Gasteiger partial charge in [0.05, 0.1) is 11.1 Å². The second-order valence-electron chi connectivity index (χ2n) is 13.1. The Labute approximate surface area is 307 Å². The first-order chi connectivity index (χ1) is 25.1. The van der Waals surface area contributed by atoms with Gasteiger partial charge >= 0.3 is 30.0 Å². The highest BCUT2D eigenvalue weighted by Gasteiger charge is 2.41. The van der Waals surface area contributed by atoms with Crippen LogP contribution in [0, 0.1) is 0 Å². The van der Waals surface area contributed by atoms with Crippen molar-refractivity contribution in [2.24, 2.45) is 0 Å². The van der Waals surface area contributed by atoms with E-state index in [0.29, 0.717) is 6.54 Å². The second kappa shape index (κ2) is 19.6. The molecule has 0 bridgehead atoms. The van der Waals surface area contributed by atoms with Crippen LogP contribution in [0.2, 0.25) is 0 Å². The van der Waals surface area contributed by atoms with Crippen molar-refractivity contribution in [2.45, 2.75) is 71.0 Å². The third-order valence-corrected chi connectivity index (χ3v) is 7.13. The molecule has 0 spiro atoms. The Morgan fingerprint density at radius 1 is 0.792 bits per heavy atom. The van der Waals surface area contributed by atoms with Crippen molar-refractivity contribution in [3.8, 4) is 0 Å². The summed E-state index contributed by atoms with van der Waals surface area (Å²) in [6.07, 6.45) is -0.248. The summed E-state index contributed by atoms with van der Waals surface area (Å²) in [6, 6.07) is 23.2. The van der Waals surface area contributed by atoms with Gasteiger partial charge in [-0.2, -0.15) is 0 Å². The van der Waals surface area contributed by atoms with Gasteiger partial charge in [-0.05, 0) is 77.4 Å². The number of carboxylic acid groups (broad SMARTS) is 2. The number of benzene rings is 3. The van der Waals surface area contributed by atoms with Gasteiger partial charge in [0.1, 0.15) is 5.60 Å². The fourth-order valence-corrected chi connectivity index (χ4v) is 4.84. The van der Waals surface area contributed by atoms with Crippen molar-refractivity contribution in [3.63, 3.8) is 0 Å². The summed E-state index contributed by atoms with van der Waals surface area (Å²) < 4.78 is 15.0. The van der Waals surface area contributed by atoms with E-state index in [2.05, 4.69) is 22.4 Å². The number of amides is 1. The monoisotopic (exact) mass is 731 g/mol. The van der Waals surface area contributed by atoms with Crippen molar-refractivity contribution in [3.05, 3.63) is 108 Å². The Hall–Kier alpha value is -6.02. The Balaban J connectivity index is 0.000000261. The van der Waals surface area contributed by atoms with Crippen molar-refractivity contribution < 1.29 is 53.5 Å². The normalized spacial score (nSPS) is 14.7. The molecular weight excluding hydrogens is 686 g/mol. The van der Waals surface area contributed by atoms with E-state index in [-0.39, 0.29) is 29.4 Å². The molecule has 4 aromatic rings. The van der Waals surface area contributed by atoms with Crippen LogP contribution in [0.25, 0.3) is 10.8 Å². The molecule has 14 nitrogen and oxygen atoms in total. The highest BCUT2D eigenvalue weighted by Crippen LogP contribution is 2.25. The number of hydrogen-bond acceptors (Lipinski definition) is 11. The number of aliphatic hydroxyl groups excluding tert-OH is 1. The summed E-state index contributed by atoms with van der Waals surface area (Å²) >= 11 is 0. The number of esters is 2. The SMILES string of the molecule is CC(C)(C)OC(=O)N1CC[C@@H](Nc2cccc3cnccc23)C1.CC(C)O.O=C(O[C@@H](C(=O)O)[C@@H](OC(=O)c1ccccc1)C(=O)O)c1ccccc1. The van der Waals surface area contributed by atoms with Crippen LogP contribution in [-0.4, -0.2) is 98.2 Å². The third-order valence-electron chi connectivity index (χ3n) is 7.13. The molecule has 1 aliphatic rings. The van der Waals surface area contributed by atoms with E-state index in [9.17, 15) is 34.2 Å². The van der Waals surface area contributed by atoms with Gasteiger partial charge in [0.15, 0.2) is 0 Å². The van der Waals surface area contributed by atoms with Gasteiger partial charge in [-0.25, -0.2) is 24.0 Å². The molecule has 3 aromatic carbocycles. The number of rotatable bonds is 9. The number of aromatic nitrogens is 1. The molecule has 0 unspecified atom stereocenters. The van der Waals surface area contributed by atoms with E-state index in [0.717, 1.165) is 29.4 Å². The number of hydrogen-bond donors (Lipinski definition) is 4. The van der Waals surface area contributed by atoms with E-state index < -0.39 is 41.7 Å². The number of likely N-dealkylation sites (tertiary alicyclic amines) is 1. The topological polar surface area (TPSA) is 202 Å². The van der Waals surface area contributed by atoms with Gasteiger partial charge in [-0.15, -0.1) is 0 Å². The fraction of sp³-hybridized carbons (Fsp3) is 0.333. The Kier molecular flexibility index (Phi) is 15.3. The Morgan fingerprint density at radius 3 is 1.77 bits per heavy atom. The fourth-order valence-electron chi connectivity index (χ4n) is 4.84. The molecule has 5 rings (SSSR count). The van der Waals surface area contributed by atoms with Crippen LogP contribution < -0.4 is 5.32 Å². The summed E-state index contributed by atoms with van der Waals surface area (Å²) in [5, 5.41) is 32.4. The van der Waals surface area contributed by atoms with E-state index in [1.54, 1.807) is 37.1 Å².